The van der Waals surface area contributed by atoms with E-state index >= 15 is 0 Å². The molecule has 0 unspecified atom stereocenters. The summed E-state index contributed by atoms with van der Waals surface area (Å²) in [6.07, 6.45) is 6.70. The fourth-order valence-electron chi connectivity index (χ4n) is 1.18. The Morgan fingerprint density at radius 2 is 1.29 bits per heavy atom. The molecule has 0 heterocycles. The largest absolute Gasteiger partial charge is 0.480 e. The average molecular weight is 369 g/mol. The number of nitrogens with two attached hydrogens (primary N) is 2. The maximum Gasteiger partial charge on any atom is 0.325 e. The third kappa shape index (κ3) is 11.6. The number of hydrogen-bond acceptors (Lipinski definition) is 6. The van der Waals surface area contributed by atoms with Gasteiger partial charge in [-0.3, -0.25) is 9.59 Å². The molecule has 2 fully saturated rings. The number of carboxylic acid groups (broad SMARTS) is 1. The van der Waals surface area contributed by atoms with E-state index in [9.17, 15) is 9.59 Å². The minimum absolute atomic E-state index is 0. The van der Waals surface area contributed by atoms with Crippen LogP contribution in [0.2, 0.25) is 0 Å². The molecule has 0 amide bonds. The van der Waals surface area contributed by atoms with Crippen molar-refractivity contribution < 1.29 is 24.5 Å². The molecule has 2 rings (SSSR count). The molecule has 0 aromatic rings. The standard InChI is InChI=1S/C8H15NO2.C4H9NO2.C4H8O.ClH/c1-8(2,9)7(10)11-6-4-3-5-6;1-4(2,5)3(6)7;5-4-2-1-3-4;/h6H,3-5,9H2,1-2H3;5H2,1-2H3,(H,6,7);4-5H,1-3H2;1H. The Morgan fingerprint density at radius 3 is 1.42 bits per heavy atom. The number of esters is 1. The van der Waals surface area contributed by atoms with Crippen molar-refractivity contribution in [3.05, 3.63) is 0 Å². The first-order valence-electron chi connectivity index (χ1n) is 8.04. The highest BCUT2D eigenvalue weighted by Crippen LogP contribution is 2.23. The van der Waals surface area contributed by atoms with Gasteiger partial charge in [-0.25, -0.2) is 0 Å². The predicted molar refractivity (Wildman–Crippen MR) is 95.0 cm³/mol. The molecular formula is C16H33ClN2O5. The summed E-state index contributed by atoms with van der Waals surface area (Å²) in [6.45, 7) is 6.20. The molecule has 0 bridgehead atoms. The van der Waals surface area contributed by atoms with Crippen molar-refractivity contribution in [2.75, 3.05) is 0 Å². The summed E-state index contributed by atoms with van der Waals surface area (Å²) in [5.74, 6) is -1.27. The van der Waals surface area contributed by atoms with E-state index < -0.39 is 17.0 Å². The smallest absolute Gasteiger partial charge is 0.325 e. The maximum absolute atomic E-state index is 11.1. The number of ether oxygens (including phenoxy) is 1. The predicted octanol–water partition coefficient (Wildman–Crippen LogP) is 1.58. The molecule has 0 radical (unpaired) electrons. The minimum Gasteiger partial charge on any atom is -0.480 e. The van der Waals surface area contributed by atoms with E-state index in [0.29, 0.717) is 0 Å². The van der Waals surface area contributed by atoms with E-state index in [1.807, 2.05) is 0 Å². The van der Waals surface area contributed by atoms with Crippen molar-refractivity contribution in [1.82, 2.24) is 0 Å². The summed E-state index contributed by atoms with van der Waals surface area (Å²) in [5.41, 5.74) is 8.69. The van der Waals surface area contributed by atoms with Crippen LogP contribution in [0, 0.1) is 0 Å². The third-order valence-electron chi connectivity index (χ3n) is 3.48. The van der Waals surface area contributed by atoms with Gasteiger partial charge >= 0.3 is 11.9 Å². The summed E-state index contributed by atoms with van der Waals surface area (Å²) in [7, 11) is 0. The van der Waals surface area contributed by atoms with Crippen LogP contribution >= 0.6 is 12.4 Å². The molecular weight excluding hydrogens is 336 g/mol. The summed E-state index contributed by atoms with van der Waals surface area (Å²) in [4.78, 5) is 21.0. The highest BCUT2D eigenvalue weighted by atomic mass is 35.5. The summed E-state index contributed by atoms with van der Waals surface area (Å²) in [5, 5.41) is 16.6. The Hall–Kier alpha value is -0.890. The second-order valence-electron chi connectivity index (χ2n) is 7.29. The van der Waals surface area contributed by atoms with E-state index in [0.717, 1.165) is 25.7 Å². The Balaban J connectivity index is 0. The number of hydrogen-bond donors (Lipinski definition) is 4. The van der Waals surface area contributed by atoms with Crippen LogP contribution < -0.4 is 11.5 Å². The fraction of sp³-hybridized carbons (Fsp3) is 0.875. The van der Waals surface area contributed by atoms with Crippen LogP contribution in [0.5, 0.6) is 0 Å². The lowest BCUT2D eigenvalue weighted by Gasteiger charge is -2.28. The summed E-state index contributed by atoms with van der Waals surface area (Å²) in [6, 6.07) is 0. The van der Waals surface area contributed by atoms with Gasteiger partial charge in [-0.05, 0) is 66.2 Å². The van der Waals surface area contributed by atoms with Crippen LogP contribution in [0.25, 0.3) is 0 Å². The van der Waals surface area contributed by atoms with Crippen molar-refractivity contribution in [3.63, 3.8) is 0 Å². The summed E-state index contributed by atoms with van der Waals surface area (Å²) >= 11 is 0. The zero-order chi connectivity index (χ0) is 18.3. The monoisotopic (exact) mass is 368 g/mol. The Bertz CT molecular complexity index is 383. The molecule has 0 aromatic heterocycles. The lowest BCUT2D eigenvalue weighted by molar-refractivity contribution is -0.158. The molecule has 144 valence electrons. The van der Waals surface area contributed by atoms with Crippen molar-refractivity contribution in [2.45, 2.75) is 89.5 Å². The Morgan fingerprint density at radius 1 is 0.958 bits per heavy atom. The number of aliphatic hydroxyl groups excluding tert-OH is 1. The molecule has 6 N–H and O–H groups in total. The van der Waals surface area contributed by atoms with Crippen LogP contribution in [0.4, 0.5) is 0 Å². The molecule has 7 nitrogen and oxygen atoms in total. The average Bonchev–Trinajstić information content (AvgIpc) is 2.30. The lowest BCUT2D eigenvalue weighted by atomic mass is 9.96. The molecule has 0 aromatic carbocycles. The van der Waals surface area contributed by atoms with Gasteiger partial charge in [0.2, 0.25) is 0 Å². The SMILES string of the molecule is CC(C)(N)C(=O)O.CC(C)(N)C(=O)OC1CCC1.Cl.OC1CCC1. The van der Waals surface area contributed by atoms with Gasteiger partial charge in [-0.15, -0.1) is 12.4 Å². The topological polar surface area (TPSA) is 136 Å². The maximum atomic E-state index is 11.1. The van der Waals surface area contributed by atoms with Crippen LogP contribution in [0.15, 0.2) is 0 Å². The van der Waals surface area contributed by atoms with Crippen molar-refractivity contribution >= 4 is 24.3 Å². The first-order chi connectivity index (χ1) is 10.3. The van der Waals surface area contributed by atoms with Crippen molar-refractivity contribution in [1.29, 1.82) is 0 Å². The van der Waals surface area contributed by atoms with Gasteiger partial charge in [0.1, 0.15) is 17.2 Å². The van der Waals surface area contributed by atoms with Crippen LogP contribution in [0.1, 0.15) is 66.2 Å². The highest BCUT2D eigenvalue weighted by Gasteiger charge is 2.29. The normalized spacial score (nSPS) is 17.5. The van der Waals surface area contributed by atoms with Gasteiger partial charge < -0.3 is 26.4 Å². The second kappa shape index (κ2) is 10.9. The number of carboxylic acids is 1. The first-order valence-corrected chi connectivity index (χ1v) is 8.04. The second-order valence-corrected chi connectivity index (χ2v) is 7.29. The highest BCUT2D eigenvalue weighted by molar-refractivity contribution is 5.85. The van der Waals surface area contributed by atoms with Crippen molar-refractivity contribution in [2.24, 2.45) is 11.5 Å². The van der Waals surface area contributed by atoms with Crippen LogP contribution in [-0.4, -0.2) is 45.4 Å². The van der Waals surface area contributed by atoms with Crippen LogP contribution in [0.3, 0.4) is 0 Å². The lowest BCUT2D eigenvalue weighted by Crippen LogP contribution is -2.45. The third-order valence-corrected chi connectivity index (χ3v) is 3.48. The zero-order valence-corrected chi connectivity index (χ0v) is 15.9. The number of aliphatic hydroxyl groups is 1. The van der Waals surface area contributed by atoms with E-state index in [1.165, 1.54) is 26.7 Å². The number of carbonyl (C=O) groups is 2. The van der Waals surface area contributed by atoms with E-state index in [1.54, 1.807) is 13.8 Å². The minimum atomic E-state index is -1.08. The molecule has 2 aliphatic carbocycles. The number of rotatable bonds is 3. The molecule has 0 atom stereocenters. The number of aliphatic carboxylic acids is 1. The molecule has 8 heteroatoms. The van der Waals surface area contributed by atoms with Gasteiger partial charge in [0, 0.05) is 0 Å². The number of halogens is 1. The van der Waals surface area contributed by atoms with E-state index in [4.69, 9.17) is 26.4 Å². The molecule has 2 aliphatic rings. The van der Waals surface area contributed by atoms with Gasteiger partial charge in [0.25, 0.3) is 0 Å². The fourth-order valence-corrected chi connectivity index (χ4v) is 1.18. The van der Waals surface area contributed by atoms with Crippen LogP contribution in [-0.2, 0) is 14.3 Å². The van der Waals surface area contributed by atoms with Crippen molar-refractivity contribution in [3.8, 4) is 0 Å². The van der Waals surface area contributed by atoms with Gasteiger partial charge in [-0.2, -0.15) is 0 Å². The van der Waals surface area contributed by atoms with Gasteiger partial charge in [-0.1, -0.05) is 0 Å². The number of carbonyl (C=O) groups excluding carboxylic acids is 1. The molecule has 0 aliphatic heterocycles. The molecule has 0 saturated heterocycles. The quantitative estimate of drug-likeness (QED) is 0.555. The molecule has 24 heavy (non-hydrogen) atoms. The molecule has 0 spiro atoms. The van der Waals surface area contributed by atoms with Gasteiger partial charge in [0.15, 0.2) is 0 Å². The van der Waals surface area contributed by atoms with Gasteiger partial charge in [0.05, 0.1) is 6.10 Å². The summed E-state index contributed by atoms with van der Waals surface area (Å²) < 4.78 is 5.09. The van der Waals surface area contributed by atoms with E-state index in [2.05, 4.69) is 0 Å². The van der Waals surface area contributed by atoms with E-state index in [-0.39, 0.29) is 30.6 Å². The molecule has 2 saturated carbocycles. The Kier molecular flexibility index (Phi) is 11.5. The zero-order valence-electron chi connectivity index (χ0n) is 15.1. The Labute approximate surface area is 150 Å². The first kappa shape index (κ1) is 25.4.